The average Bonchev–Trinajstić information content (AvgIpc) is 3.84. The van der Waals surface area contributed by atoms with Crippen LogP contribution in [0.4, 0.5) is 5.69 Å². The first-order valence-corrected chi connectivity index (χ1v) is 18.6. The van der Waals surface area contributed by atoms with Crippen molar-refractivity contribution in [2.75, 3.05) is 24.4 Å². The van der Waals surface area contributed by atoms with Gasteiger partial charge in [-0.2, -0.15) is 5.10 Å². The van der Waals surface area contributed by atoms with Crippen molar-refractivity contribution in [3.05, 3.63) is 113 Å². The van der Waals surface area contributed by atoms with Crippen LogP contribution in [-0.2, 0) is 24.0 Å². The smallest absolute Gasteiger partial charge is 0.274 e. The molecule has 4 N–H and O–H groups in total. The number of aryl methyl sites for hydroxylation is 1. The zero-order valence-corrected chi connectivity index (χ0v) is 30.6. The molecule has 13 heteroatoms. The van der Waals surface area contributed by atoms with Gasteiger partial charge in [0.1, 0.15) is 11.0 Å². The summed E-state index contributed by atoms with van der Waals surface area (Å²) < 4.78 is 23.6. The third-order valence-corrected chi connectivity index (χ3v) is 10.4. The highest BCUT2D eigenvalue weighted by atomic mass is 32.2. The number of oxazole rings is 1. The molecule has 0 fully saturated rings. The number of nitrogens with zero attached hydrogens (tertiary/aromatic N) is 5. The third-order valence-electron chi connectivity index (χ3n) is 9.23. The van der Waals surface area contributed by atoms with Crippen LogP contribution < -0.4 is 4.72 Å². The van der Waals surface area contributed by atoms with E-state index in [1.54, 1.807) is 52.2 Å². The molecule has 2 amide bonds. The van der Waals surface area contributed by atoms with Crippen LogP contribution in [0.3, 0.4) is 0 Å². The minimum absolute atomic E-state index is 0. The zero-order chi connectivity index (χ0) is 35.9. The molecule has 0 spiro atoms. The highest BCUT2D eigenvalue weighted by Crippen LogP contribution is 2.30. The molecule has 12 nitrogen and oxygen atoms in total. The van der Waals surface area contributed by atoms with Crippen LogP contribution >= 0.6 is 0 Å². The van der Waals surface area contributed by atoms with E-state index in [9.17, 15) is 18.9 Å². The van der Waals surface area contributed by atoms with E-state index in [4.69, 9.17) is 9.52 Å². The maximum atomic E-state index is 14.6. The Bertz CT molecular complexity index is 1990. The first kappa shape index (κ1) is 38.1. The van der Waals surface area contributed by atoms with E-state index < -0.39 is 17.0 Å². The largest absolute Gasteiger partial charge is 0.444 e. The molecule has 1 unspecified atom stereocenters. The number of amides is 2. The number of hydrogen-bond acceptors (Lipinski definition) is 7. The van der Waals surface area contributed by atoms with E-state index in [1.807, 2.05) is 48.2 Å². The van der Waals surface area contributed by atoms with Crippen molar-refractivity contribution in [1.29, 1.82) is 0 Å². The van der Waals surface area contributed by atoms with Crippen LogP contribution in [0.2, 0.25) is 0 Å². The van der Waals surface area contributed by atoms with Crippen molar-refractivity contribution < 1.29 is 28.8 Å². The van der Waals surface area contributed by atoms with Crippen LogP contribution in [0.25, 0.3) is 17.0 Å². The molecule has 0 saturated carbocycles. The van der Waals surface area contributed by atoms with Crippen molar-refractivity contribution in [2.24, 2.45) is 0 Å². The fraction of sp³-hybridized carbons (Fsp3) is 0.333. The molecule has 5 aromatic rings. The standard InChI is InChI=1S/C39H44N6O5S.H2O/c1-4-6-18-43(19-7-5-2)39(48)35-20-27(3)45(41-35)36-17-14-31(42-51(49)33-15-12-28(13-16-33)37-23-40-26-50-37)22-34(36)38(47)44-24-30-11-9-8-10-29(30)21-32(44)25-46;/h8-17,20,22-23,26,32,42,46H,4-7,18-19,21,24-25H2,1-3H3;1H2/t32-,51?;/m0./s1. The number of aliphatic hydroxyl groups excluding tert-OH is 1. The fourth-order valence-electron chi connectivity index (χ4n) is 6.36. The molecule has 2 atom stereocenters. The molecular weight excluding hydrogens is 681 g/mol. The number of aliphatic hydroxyl groups is 1. The van der Waals surface area contributed by atoms with Crippen LogP contribution in [0, 0.1) is 6.92 Å². The number of hydrogen-bond donors (Lipinski definition) is 2. The van der Waals surface area contributed by atoms with Crippen LogP contribution in [0.1, 0.15) is 77.2 Å². The number of unbranched alkanes of at least 4 members (excludes halogenated alkanes) is 2. The molecule has 274 valence electrons. The highest BCUT2D eigenvalue weighted by Gasteiger charge is 2.32. The van der Waals surface area contributed by atoms with Crippen molar-refractivity contribution in [2.45, 2.75) is 70.4 Å². The Morgan fingerprint density at radius 2 is 1.71 bits per heavy atom. The molecule has 0 bridgehead atoms. The number of carbonyl (C=O) groups excluding carboxylic acids is 2. The lowest BCUT2D eigenvalue weighted by Crippen LogP contribution is -2.46. The van der Waals surface area contributed by atoms with Gasteiger partial charge in [-0.1, -0.05) is 51.0 Å². The number of fused-ring (bicyclic) bond motifs is 1. The zero-order valence-electron chi connectivity index (χ0n) is 29.7. The number of benzene rings is 3. The van der Waals surface area contributed by atoms with Crippen molar-refractivity contribution in [1.82, 2.24) is 24.6 Å². The van der Waals surface area contributed by atoms with Crippen LogP contribution in [0.15, 0.2) is 94.7 Å². The summed E-state index contributed by atoms with van der Waals surface area (Å²) in [4.78, 5) is 36.4. The second kappa shape index (κ2) is 17.4. The summed E-state index contributed by atoms with van der Waals surface area (Å²) in [6, 6.07) is 21.5. The Labute approximate surface area is 306 Å². The quantitative estimate of drug-likeness (QED) is 0.147. The summed E-state index contributed by atoms with van der Waals surface area (Å²) in [7, 11) is -1.66. The number of carbonyl (C=O) groups is 2. The lowest BCUT2D eigenvalue weighted by atomic mass is 9.93. The van der Waals surface area contributed by atoms with Crippen LogP contribution in [0.5, 0.6) is 0 Å². The predicted molar refractivity (Wildman–Crippen MR) is 200 cm³/mol. The lowest BCUT2D eigenvalue weighted by Gasteiger charge is -2.36. The van der Waals surface area contributed by atoms with Gasteiger partial charge in [-0.05, 0) is 85.8 Å². The fourth-order valence-corrected chi connectivity index (χ4v) is 7.21. The molecule has 52 heavy (non-hydrogen) atoms. The van der Waals surface area contributed by atoms with Crippen LogP contribution in [-0.4, -0.2) is 76.9 Å². The number of aromatic nitrogens is 3. The summed E-state index contributed by atoms with van der Waals surface area (Å²) in [5, 5.41) is 15.2. The van der Waals surface area contributed by atoms with Gasteiger partial charge in [-0.25, -0.2) is 13.9 Å². The molecule has 0 aliphatic carbocycles. The van der Waals surface area contributed by atoms with Gasteiger partial charge in [0, 0.05) is 36.6 Å². The minimum Gasteiger partial charge on any atom is -0.444 e. The van der Waals surface area contributed by atoms with Gasteiger partial charge >= 0.3 is 0 Å². The summed E-state index contributed by atoms with van der Waals surface area (Å²) in [6.07, 6.45) is 7.25. The topological polar surface area (TPSA) is 165 Å². The first-order chi connectivity index (χ1) is 24.8. The average molecular weight is 727 g/mol. The monoisotopic (exact) mass is 726 g/mol. The molecule has 0 radical (unpaired) electrons. The van der Waals surface area contributed by atoms with Crippen molar-refractivity contribution in [3.8, 4) is 17.0 Å². The van der Waals surface area contributed by atoms with Gasteiger partial charge < -0.3 is 29.5 Å². The van der Waals surface area contributed by atoms with Gasteiger partial charge in [-0.3, -0.25) is 9.59 Å². The Kier molecular flexibility index (Phi) is 12.8. The molecule has 3 heterocycles. The molecule has 3 aromatic carbocycles. The summed E-state index contributed by atoms with van der Waals surface area (Å²) in [6.45, 7) is 7.50. The summed E-state index contributed by atoms with van der Waals surface area (Å²) in [5.41, 5.74) is 5.17. The van der Waals surface area contributed by atoms with E-state index >= 15 is 0 Å². The molecular formula is C39H46N6O6S. The maximum Gasteiger partial charge on any atom is 0.274 e. The Hall–Kier alpha value is -5.11. The number of rotatable bonds is 14. The molecule has 0 saturated heterocycles. The van der Waals surface area contributed by atoms with E-state index in [-0.39, 0.29) is 23.9 Å². The van der Waals surface area contributed by atoms with E-state index in [0.29, 0.717) is 65.0 Å². The molecule has 2 aromatic heterocycles. The van der Waals surface area contributed by atoms with Gasteiger partial charge in [0.15, 0.2) is 17.8 Å². The summed E-state index contributed by atoms with van der Waals surface area (Å²) in [5.74, 6) is 0.163. The maximum absolute atomic E-state index is 14.6. The Morgan fingerprint density at radius 3 is 2.37 bits per heavy atom. The number of nitrogens with one attached hydrogen (secondary N) is 1. The van der Waals surface area contributed by atoms with Gasteiger partial charge in [0.25, 0.3) is 11.8 Å². The lowest BCUT2D eigenvalue weighted by molar-refractivity contribution is 0.0544. The van der Waals surface area contributed by atoms with Gasteiger partial charge in [0.05, 0.1) is 35.0 Å². The van der Waals surface area contributed by atoms with Crippen molar-refractivity contribution >= 4 is 28.5 Å². The highest BCUT2D eigenvalue weighted by molar-refractivity contribution is 7.86. The van der Waals surface area contributed by atoms with Gasteiger partial charge in [-0.15, -0.1) is 0 Å². The van der Waals surface area contributed by atoms with Gasteiger partial charge in [0.2, 0.25) is 0 Å². The summed E-state index contributed by atoms with van der Waals surface area (Å²) >= 11 is 0. The minimum atomic E-state index is -1.66. The van der Waals surface area contributed by atoms with E-state index in [2.05, 4.69) is 23.6 Å². The molecule has 1 aliphatic rings. The van der Waals surface area contributed by atoms with E-state index in [0.717, 1.165) is 42.4 Å². The predicted octanol–water partition coefficient (Wildman–Crippen LogP) is 5.75. The van der Waals surface area contributed by atoms with E-state index in [1.165, 1.54) is 6.39 Å². The number of anilines is 1. The SMILES string of the molecule is CCCCN(CCCC)C(=O)c1cc(C)n(-c2ccc(NS(=O)c3ccc(-c4cnco4)cc3)cc2C(=O)N2Cc3ccccc3C[C@H]2CO)n1.O. The van der Waals surface area contributed by atoms with Crippen molar-refractivity contribution in [3.63, 3.8) is 0 Å². The second-order valence-electron chi connectivity index (χ2n) is 12.8. The molecule has 6 rings (SSSR count). The Morgan fingerprint density at radius 1 is 1.00 bits per heavy atom. The Balaban J connectivity index is 0.00000523. The first-order valence-electron chi connectivity index (χ1n) is 17.5. The second-order valence-corrected chi connectivity index (χ2v) is 14.0. The third kappa shape index (κ3) is 8.33. The normalized spacial score (nSPS) is 14.3. The molecule has 1 aliphatic heterocycles.